The van der Waals surface area contributed by atoms with Gasteiger partial charge < -0.3 is 10.6 Å². The average Bonchev–Trinajstić information content (AvgIpc) is 2.53. The molecule has 1 saturated heterocycles. The van der Waals surface area contributed by atoms with Crippen LogP contribution in [0.1, 0.15) is 0 Å². The molecule has 6 heteroatoms. The Hall–Kier alpha value is -1.69. The monoisotopic (exact) mass is 191 g/mol. The average molecular weight is 191 g/mol. The number of nitrogens with zero attached hydrogens (tertiary/aromatic N) is 2. The van der Waals surface area contributed by atoms with E-state index in [0.717, 1.165) is 11.4 Å². The third kappa shape index (κ3) is 1.04. The Morgan fingerprint density at radius 1 is 1.50 bits per heavy atom. The van der Waals surface area contributed by atoms with Gasteiger partial charge in [-0.2, -0.15) is 0 Å². The number of aliphatic imine (C=N–C) groups is 2. The zero-order chi connectivity index (χ0) is 9.54. The van der Waals surface area contributed by atoms with Gasteiger partial charge in [0.2, 0.25) is 0 Å². The molecule has 3 rings (SSSR count). The third-order valence-electron chi connectivity index (χ3n) is 2.45. The minimum atomic E-state index is -0.172. The minimum Gasteiger partial charge on any atom is -0.317 e. The van der Waals surface area contributed by atoms with Crippen LogP contribution >= 0.6 is 0 Å². The highest BCUT2D eigenvalue weighted by molar-refractivity contribution is 6.06. The Labute approximate surface area is 80.2 Å². The smallest absolute Gasteiger partial charge is 0.317 e. The summed E-state index contributed by atoms with van der Waals surface area (Å²) in [4.78, 5) is 19.2. The summed E-state index contributed by atoms with van der Waals surface area (Å²) in [6.45, 7) is 0.676. The predicted molar refractivity (Wildman–Crippen MR) is 51.3 cm³/mol. The van der Waals surface area contributed by atoms with Crippen LogP contribution in [0.4, 0.5) is 4.79 Å². The molecule has 0 saturated carbocycles. The second-order valence-electron chi connectivity index (χ2n) is 3.38. The van der Waals surface area contributed by atoms with E-state index < -0.39 is 0 Å². The second kappa shape index (κ2) is 2.65. The first-order valence-corrected chi connectivity index (χ1v) is 4.44. The molecule has 0 aromatic heterocycles. The fourth-order valence-electron chi connectivity index (χ4n) is 1.78. The van der Waals surface area contributed by atoms with Gasteiger partial charge in [-0.1, -0.05) is 0 Å². The molecule has 2 amide bonds. The molecular formula is C8H9N5O. The highest BCUT2D eigenvalue weighted by atomic mass is 16.2. The highest BCUT2D eigenvalue weighted by Gasteiger charge is 2.34. The third-order valence-corrected chi connectivity index (χ3v) is 2.45. The summed E-state index contributed by atoms with van der Waals surface area (Å²) in [5.74, 6) is 0. The molecule has 0 aromatic carbocycles. The first-order valence-electron chi connectivity index (χ1n) is 4.44. The van der Waals surface area contributed by atoms with Gasteiger partial charge in [0.05, 0.1) is 24.0 Å². The van der Waals surface area contributed by atoms with E-state index in [2.05, 4.69) is 25.9 Å². The maximum Gasteiger partial charge on any atom is 0.320 e. The molecule has 0 bridgehead atoms. The summed E-state index contributed by atoms with van der Waals surface area (Å²) in [6, 6.07) is -0.0529. The van der Waals surface area contributed by atoms with Crippen LogP contribution in [0.15, 0.2) is 21.8 Å². The van der Waals surface area contributed by atoms with Crippen LogP contribution in [-0.2, 0) is 0 Å². The maximum absolute atomic E-state index is 11.0. The van der Waals surface area contributed by atoms with Crippen molar-refractivity contribution in [3.8, 4) is 0 Å². The van der Waals surface area contributed by atoms with Crippen molar-refractivity contribution >= 4 is 18.1 Å². The Morgan fingerprint density at radius 2 is 2.43 bits per heavy atom. The van der Waals surface area contributed by atoms with Crippen molar-refractivity contribution in [2.75, 3.05) is 6.54 Å². The van der Waals surface area contributed by atoms with Crippen LogP contribution in [-0.4, -0.2) is 36.8 Å². The highest BCUT2D eigenvalue weighted by Crippen LogP contribution is 2.13. The lowest BCUT2D eigenvalue weighted by Gasteiger charge is -2.27. The molecular weight excluding hydrogens is 182 g/mol. The predicted octanol–water partition coefficient (Wildman–Crippen LogP) is -1.04. The standard InChI is InChI=1S/C8H9N5O/c14-8-12-5-1-4-6(2-9-3-10-4)11-7(5)13-8/h1,3,6-7,11H,2H2,(H2,12,13,14). The lowest BCUT2D eigenvalue weighted by atomic mass is 10.0. The van der Waals surface area contributed by atoms with Crippen LogP contribution in [0.25, 0.3) is 0 Å². The molecule has 6 nitrogen and oxygen atoms in total. The summed E-state index contributed by atoms with van der Waals surface area (Å²) in [5.41, 5.74) is 1.76. The summed E-state index contributed by atoms with van der Waals surface area (Å²) in [7, 11) is 0. The van der Waals surface area contributed by atoms with Crippen LogP contribution < -0.4 is 16.0 Å². The molecule has 0 aromatic rings. The van der Waals surface area contributed by atoms with Gasteiger partial charge in [-0.3, -0.25) is 10.3 Å². The Bertz CT molecular complexity index is 383. The van der Waals surface area contributed by atoms with Gasteiger partial charge in [0, 0.05) is 0 Å². The molecule has 2 atom stereocenters. The molecule has 3 heterocycles. The fourth-order valence-corrected chi connectivity index (χ4v) is 1.78. The van der Waals surface area contributed by atoms with Crippen molar-refractivity contribution < 1.29 is 4.79 Å². The molecule has 3 N–H and O–H groups in total. The largest absolute Gasteiger partial charge is 0.320 e. The van der Waals surface area contributed by atoms with Crippen molar-refractivity contribution in [3.05, 3.63) is 11.8 Å². The normalized spacial score (nSPS) is 33.6. The molecule has 14 heavy (non-hydrogen) atoms. The van der Waals surface area contributed by atoms with Crippen molar-refractivity contribution in [1.29, 1.82) is 0 Å². The summed E-state index contributed by atoms with van der Waals surface area (Å²) in [6.07, 6.45) is 3.34. The van der Waals surface area contributed by atoms with Crippen molar-refractivity contribution in [2.45, 2.75) is 12.2 Å². The number of urea groups is 1. The number of rotatable bonds is 0. The van der Waals surface area contributed by atoms with E-state index in [0.29, 0.717) is 6.54 Å². The first-order chi connectivity index (χ1) is 6.83. The lowest BCUT2D eigenvalue weighted by molar-refractivity contribution is 0.247. The van der Waals surface area contributed by atoms with E-state index in [1.165, 1.54) is 0 Å². The summed E-state index contributed by atoms with van der Waals surface area (Å²) < 4.78 is 0. The van der Waals surface area contributed by atoms with Crippen LogP contribution in [0.3, 0.4) is 0 Å². The van der Waals surface area contributed by atoms with Crippen molar-refractivity contribution in [2.24, 2.45) is 9.98 Å². The van der Waals surface area contributed by atoms with E-state index in [1.54, 1.807) is 6.34 Å². The Morgan fingerprint density at radius 3 is 3.36 bits per heavy atom. The summed E-state index contributed by atoms with van der Waals surface area (Å²) in [5, 5.41) is 8.71. The van der Waals surface area contributed by atoms with E-state index in [1.807, 2.05) is 6.08 Å². The van der Waals surface area contributed by atoms with Crippen LogP contribution in [0, 0.1) is 0 Å². The molecule has 72 valence electrons. The van der Waals surface area contributed by atoms with Crippen molar-refractivity contribution in [3.63, 3.8) is 0 Å². The first kappa shape index (κ1) is 7.69. The SMILES string of the molecule is O=C1NC2=CC3=NC=NCC3NC2N1. The van der Waals surface area contributed by atoms with Gasteiger partial charge in [-0.25, -0.2) is 9.79 Å². The Kier molecular flexibility index (Phi) is 1.45. The quantitative estimate of drug-likeness (QED) is 0.457. The fraction of sp³-hybridized carbons (Fsp3) is 0.375. The second-order valence-corrected chi connectivity index (χ2v) is 3.38. The molecule has 3 aliphatic heterocycles. The number of hydrogen-bond donors (Lipinski definition) is 3. The van der Waals surface area contributed by atoms with Gasteiger partial charge in [0.25, 0.3) is 0 Å². The Balaban J connectivity index is 1.97. The molecule has 2 unspecified atom stereocenters. The molecule has 1 fully saturated rings. The minimum absolute atomic E-state index is 0.111. The number of carbonyl (C=O) groups excluding carboxylic acids is 1. The molecule has 0 spiro atoms. The van der Waals surface area contributed by atoms with Crippen LogP contribution in [0.5, 0.6) is 0 Å². The zero-order valence-electron chi connectivity index (χ0n) is 7.32. The number of carbonyl (C=O) groups is 1. The van der Waals surface area contributed by atoms with Crippen molar-refractivity contribution in [1.82, 2.24) is 16.0 Å². The summed E-state index contributed by atoms with van der Waals surface area (Å²) >= 11 is 0. The maximum atomic E-state index is 11.0. The van der Waals surface area contributed by atoms with E-state index in [-0.39, 0.29) is 18.2 Å². The number of fused-ring (bicyclic) bond motifs is 2. The topological polar surface area (TPSA) is 77.9 Å². The van der Waals surface area contributed by atoms with Gasteiger partial charge in [-0.05, 0) is 6.08 Å². The van der Waals surface area contributed by atoms with E-state index >= 15 is 0 Å². The van der Waals surface area contributed by atoms with Gasteiger partial charge in [0.15, 0.2) is 0 Å². The molecule has 3 aliphatic rings. The van der Waals surface area contributed by atoms with Gasteiger partial charge >= 0.3 is 6.03 Å². The number of hydrogen-bond acceptors (Lipinski definition) is 4. The lowest BCUT2D eigenvalue weighted by Crippen LogP contribution is -2.53. The molecule has 0 radical (unpaired) electrons. The van der Waals surface area contributed by atoms with Gasteiger partial charge in [0.1, 0.15) is 12.5 Å². The zero-order valence-corrected chi connectivity index (χ0v) is 7.32. The van der Waals surface area contributed by atoms with E-state index in [9.17, 15) is 4.79 Å². The number of nitrogens with one attached hydrogen (secondary N) is 3. The number of amides is 2. The van der Waals surface area contributed by atoms with E-state index in [4.69, 9.17) is 0 Å². The van der Waals surface area contributed by atoms with Crippen LogP contribution in [0.2, 0.25) is 0 Å². The van der Waals surface area contributed by atoms with Gasteiger partial charge in [-0.15, -0.1) is 0 Å². The molecule has 0 aliphatic carbocycles.